The van der Waals surface area contributed by atoms with Crippen molar-refractivity contribution in [2.24, 2.45) is 0 Å². The van der Waals surface area contributed by atoms with Crippen LogP contribution in [0.4, 0.5) is 26.0 Å². The van der Waals surface area contributed by atoms with E-state index in [4.69, 9.17) is 11.6 Å². The number of nitrogens with zero attached hydrogens (tertiary/aromatic N) is 5. The maximum absolute atomic E-state index is 14.7. The fourth-order valence-electron chi connectivity index (χ4n) is 5.45. The van der Waals surface area contributed by atoms with E-state index in [9.17, 15) is 28.4 Å². The lowest BCUT2D eigenvalue weighted by Gasteiger charge is -2.39. The first-order valence-corrected chi connectivity index (χ1v) is 14.1. The van der Waals surface area contributed by atoms with Crippen molar-refractivity contribution in [1.29, 1.82) is 5.26 Å². The van der Waals surface area contributed by atoms with Gasteiger partial charge in [0.2, 0.25) is 11.8 Å². The van der Waals surface area contributed by atoms with Gasteiger partial charge in [0, 0.05) is 67.6 Å². The molecule has 2 fully saturated rings. The molecule has 2 heterocycles. The number of anilines is 3. The van der Waals surface area contributed by atoms with E-state index >= 15 is 0 Å². The van der Waals surface area contributed by atoms with Crippen LogP contribution in [0.3, 0.4) is 0 Å². The Hall–Kier alpha value is -4.56. The van der Waals surface area contributed by atoms with E-state index in [1.807, 2.05) is 31.1 Å². The normalized spacial score (nSPS) is 18.0. The molecular formula is C32H33ClF2N6O3. The Morgan fingerprint density at radius 3 is 2.48 bits per heavy atom. The largest absolute Gasteiger partial charge is 0.378 e. The number of amides is 3. The minimum Gasteiger partial charge on any atom is -0.378 e. The molecular weight excluding hydrogens is 590 g/mol. The number of nitriles is 1. The second kappa shape index (κ2) is 13.0. The predicted molar refractivity (Wildman–Crippen MR) is 165 cm³/mol. The summed E-state index contributed by atoms with van der Waals surface area (Å²) in [5, 5.41) is 12.3. The van der Waals surface area contributed by atoms with E-state index in [-0.39, 0.29) is 48.1 Å². The summed E-state index contributed by atoms with van der Waals surface area (Å²) >= 11 is 6.60. The minimum absolute atomic E-state index is 0. The molecule has 9 nitrogen and oxygen atoms in total. The molecule has 1 aliphatic carbocycles. The second-order valence-electron chi connectivity index (χ2n) is 10.8. The highest BCUT2D eigenvalue weighted by Gasteiger charge is 2.48. The Balaban J connectivity index is 0.00000442. The van der Waals surface area contributed by atoms with Gasteiger partial charge in [-0.05, 0) is 42.8 Å². The van der Waals surface area contributed by atoms with E-state index < -0.39 is 48.7 Å². The number of hydrogen-bond donors (Lipinski definition) is 1. The number of alkyl halides is 2. The number of rotatable bonds is 8. The second-order valence-corrected chi connectivity index (χ2v) is 11.3. The van der Waals surface area contributed by atoms with Crippen molar-refractivity contribution in [1.82, 2.24) is 10.3 Å². The highest BCUT2D eigenvalue weighted by atomic mass is 35.5. The van der Waals surface area contributed by atoms with Crippen LogP contribution in [-0.4, -0.2) is 54.8 Å². The number of carbonyl (C=O) groups excluding carboxylic acids is 3. The Labute approximate surface area is 260 Å². The monoisotopic (exact) mass is 622 g/mol. The molecule has 1 saturated carbocycles. The van der Waals surface area contributed by atoms with Gasteiger partial charge < -0.3 is 10.2 Å². The van der Waals surface area contributed by atoms with E-state index in [1.54, 1.807) is 42.5 Å². The zero-order valence-electron chi connectivity index (χ0n) is 23.5. The number of carbonyl (C=O) groups is 3. The van der Waals surface area contributed by atoms with Crippen molar-refractivity contribution in [3.63, 3.8) is 0 Å². The molecule has 3 amide bonds. The third-order valence-corrected chi connectivity index (χ3v) is 7.97. The van der Waals surface area contributed by atoms with Crippen molar-refractivity contribution < 1.29 is 23.2 Å². The first-order valence-electron chi connectivity index (χ1n) is 13.7. The topological polar surface area (TPSA) is 110 Å². The van der Waals surface area contributed by atoms with Crippen molar-refractivity contribution in [3.05, 3.63) is 83.0 Å². The molecule has 1 aromatic heterocycles. The van der Waals surface area contributed by atoms with E-state index in [0.717, 1.165) is 5.69 Å². The van der Waals surface area contributed by atoms with Crippen LogP contribution in [0.1, 0.15) is 50.3 Å². The molecule has 5 rings (SSSR count). The van der Waals surface area contributed by atoms with Crippen molar-refractivity contribution in [2.75, 3.05) is 28.8 Å². The van der Waals surface area contributed by atoms with Crippen LogP contribution < -0.4 is 20.0 Å². The zero-order valence-corrected chi connectivity index (χ0v) is 24.3. The Kier molecular flexibility index (Phi) is 9.54. The van der Waals surface area contributed by atoms with Crippen LogP contribution in [-0.2, 0) is 14.4 Å². The van der Waals surface area contributed by atoms with Crippen LogP contribution in [0.5, 0.6) is 0 Å². The first-order chi connectivity index (χ1) is 20.5. The molecule has 44 heavy (non-hydrogen) atoms. The molecule has 12 heteroatoms. The molecule has 3 aromatic rings. The van der Waals surface area contributed by atoms with Gasteiger partial charge in [-0.25, -0.2) is 13.8 Å². The Bertz CT molecular complexity index is 1600. The van der Waals surface area contributed by atoms with E-state index in [2.05, 4.69) is 10.3 Å². The minimum atomic E-state index is -2.87. The lowest BCUT2D eigenvalue weighted by Crippen LogP contribution is -2.56. The Morgan fingerprint density at radius 2 is 1.82 bits per heavy atom. The standard InChI is InChI=1S/C31H29ClF2N6O3.CH4/c1-38(2)21-6-5-7-22(15-21)39(30(43)25-10-11-27(41)40(25)26-14-19(18-35)12-13-36-26)28(23-8-3-4-9-24(23)32)29(42)37-20-16-31(33,34)17-20;/h3-9,12-15,20,25,28H,10-11,16-17H2,1-2H3,(H,37,42);1H4/t25-,28-;/m0./s1. The van der Waals surface area contributed by atoms with Crippen LogP contribution in [0.15, 0.2) is 66.9 Å². The third kappa shape index (κ3) is 6.50. The first kappa shape index (κ1) is 32.4. The quantitative estimate of drug-likeness (QED) is 0.356. The van der Waals surface area contributed by atoms with Crippen molar-refractivity contribution in [2.45, 2.75) is 57.2 Å². The summed E-state index contributed by atoms with van der Waals surface area (Å²) in [6.45, 7) is 0. The van der Waals surface area contributed by atoms with Gasteiger partial charge in [0.05, 0.1) is 11.6 Å². The van der Waals surface area contributed by atoms with Gasteiger partial charge in [0.1, 0.15) is 17.9 Å². The molecule has 0 spiro atoms. The van der Waals surface area contributed by atoms with Gasteiger partial charge in [-0.2, -0.15) is 5.26 Å². The fraction of sp³-hybridized carbons (Fsp3) is 0.344. The fourth-order valence-corrected chi connectivity index (χ4v) is 5.69. The Morgan fingerprint density at radius 1 is 1.11 bits per heavy atom. The third-order valence-electron chi connectivity index (χ3n) is 7.62. The maximum atomic E-state index is 14.7. The van der Waals surface area contributed by atoms with Gasteiger partial charge in [-0.3, -0.25) is 24.2 Å². The van der Waals surface area contributed by atoms with Crippen molar-refractivity contribution in [3.8, 4) is 6.07 Å². The molecule has 1 saturated heterocycles. The van der Waals surface area contributed by atoms with Gasteiger partial charge in [-0.1, -0.05) is 43.3 Å². The summed E-state index contributed by atoms with van der Waals surface area (Å²) in [5.74, 6) is -4.37. The van der Waals surface area contributed by atoms with E-state index in [1.165, 1.54) is 28.1 Å². The lowest BCUT2D eigenvalue weighted by molar-refractivity contribution is -0.133. The van der Waals surface area contributed by atoms with Crippen LogP contribution >= 0.6 is 11.6 Å². The summed E-state index contributed by atoms with van der Waals surface area (Å²) in [4.78, 5) is 50.5. The molecule has 0 radical (unpaired) electrons. The molecule has 2 atom stereocenters. The van der Waals surface area contributed by atoms with E-state index in [0.29, 0.717) is 5.69 Å². The lowest BCUT2D eigenvalue weighted by atomic mass is 9.87. The van der Waals surface area contributed by atoms with Crippen LogP contribution in [0, 0.1) is 11.3 Å². The molecule has 0 unspecified atom stereocenters. The highest BCUT2D eigenvalue weighted by molar-refractivity contribution is 6.31. The summed E-state index contributed by atoms with van der Waals surface area (Å²) in [6.07, 6.45) is 0.535. The number of pyridine rings is 1. The van der Waals surface area contributed by atoms with Crippen LogP contribution in [0.2, 0.25) is 5.02 Å². The average Bonchev–Trinajstić information content (AvgIpc) is 3.36. The molecule has 1 N–H and O–H groups in total. The summed E-state index contributed by atoms with van der Waals surface area (Å²) < 4.78 is 27.4. The smallest absolute Gasteiger partial charge is 0.252 e. The molecule has 230 valence electrons. The number of benzene rings is 2. The van der Waals surface area contributed by atoms with Gasteiger partial charge in [-0.15, -0.1) is 0 Å². The van der Waals surface area contributed by atoms with Crippen molar-refractivity contribution >= 4 is 46.5 Å². The SMILES string of the molecule is C.CN(C)c1cccc(N(C(=O)[C@@H]2CCC(=O)N2c2cc(C#N)ccn2)[C@H](C(=O)NC2CC(F)(F)C2)c2ccccc2Cl)c1. The zero-order chi connectivity index (χ0) is 30.9. The predicted octanol–water partition coefficient (Wildman–Crippen LogP) is 5.49. The summed E-state index contributed by atoms with van der Waals surface area (Å²) in [5.41, 5.74) is 1.62. The average molecular weight is 623 g/mol. The van der Waals surface area contributed by atoms with Gasteiger partial charge in [0.15, 0.2) is 0 Å². The summed E-state index contributed by atoms with van der Waals surface area (Å²) in [6, 6.07) is 15.2. The molecule has 1 aliphatic heterocycles. The highest BCUT2D eigenvalue weighted by Crippen LogP contribution is 2.40. The maximum Gasteiger partial charge on any atom is 0.252 e. The number of hydrogen-bond acceptors (Lipinski definition) is 6. The molecule has 2 aromatic carbocycles. The summed E-state index contributed by atoms with van der Waals surface area (Å²) in [7, 11) is 3.65. The number of halogens is 3. The van der Waals surface area contributed by atoms with Gasteiger partial charge in [0.25, 0.3) is 11.8 Å². The van der Waals surface area contributed by atoms with Gasteiger partial charge >= 0.3 is 0 Å². The molecule has 2 aliphatic rings. The number of aromatic nitrogens is 1. The van der Waals surface area contributed by atoms with Crippen LogP contribution in [0.25, 0.3) is 0 Å². The number of nitrogens with one attached hydrogen (secondary N) is 1. The molecule has 0 bridgehead atoms.